The fourth-order valence-electron chi connectivity index (χ4n) is 2.22. The lowest BCUT2D eigenvalue weighted by atomic mass is 10.1. The number of piperidine rings is 1. The van der Waals surface area contributed by atoms with Crippen molar-refractivity contribution in [3.8, 4) is 0 Å². The number of carbonyl (C=O) groups is 1. The topological polar surface area (TPSA) is 77.2 Å². The highest BCUT2D eigenvalue weighted by molar-refractivity contribution is 5.81. The van der Waals surface area contributed by atoms with Crippen molar-refractivity contribution in [1.82, 2.24) is 10.3 Å². The van der Waals surface area contributed by atoms with Crippen molar-refractivity contribution >= 4 is 11.6 Å². The Labute approximate surface area is 113 Å². The summed E-state index contributed by atoms with van der Waals surface area (Å²) in [7, 11) is 0. The minimum Gasteiger partial charge on any atom is -0.384 e. The molecule has 0 saturated carbocycles. The number of nitrogens with two attached hydrogens (primary N) is 1. The Bertz CT molecular complexity index is 417. The number of rotatable bonds is 6. The van der Waals surface area contributed by atoms with Gasteiger partial charge in [-0.2, -0.15) is 0 Å². The molecule has 104 valence electrons. The van der Waals surface area contributed by atoms with E-state index in [1.807, 2.05) is 6.07 Å². The first kappa shape index (κ1) is 14.0. The highest BCUT2D eigenvalue weighted by atomic mass is 16.5. The van der Waals surface area contributed by atoms with Crippen molar-refractivity contribution in [2.75, 3.05) is 25.4 Å². The van der Waals surface area contributed by atoms with Gasteiger partial charge in [0.25, 0.3) is 0 Å². The van der Waals surface area contributed by atoms with Crippen LogP contribution in [0.2, 0.25) is 0 Å². The van der Waals surface area contributed by atoms with Crippen molar-refractivity contribution in [1.29, 1.82) is 0 Å². The Morgan fingerprint density at radius 2 is 2.26 bits per heavy atom. The third-order valence-electron chi connectivity index (χ3n) is 3.27. The minimum atomic E-state index is 0.180. The van der Waals surface area contributed by atoms with Gasteiger partial charge in [-0.05, 0) is 43.6 Å². The first-order valence-electron chi connectivity index (χ1n) is 6.78. The summed E-state index contributed by atoms with van der Waals surface area (Å²) in [5.41, 5.74) is 6.50. The van der Waals surface area contributed by atoms with Crippen LogP contribution >= 0.6 is 0 Å². The Kier molecular flexibility index (Phi) is 5.30. The molecule has 5 heteroatoms. The van der Waals surface area contributed by atoms with Gasteiger partial charge in [-0.15, -0.1) is 0 Å². The summed E-state index contributed by atoms with van der Waals surface area (Å²) in [6.07, 6.45) is 4.88. The van der Waals surface area contributed by atoms with Crippen LogP contribution in [0.15, 0.2) is 18.3 Å². The van der Waals surface area contributed by atoms with Crippen LogP contribution in [0.4, 0.5) is 5.82 Å². The van der Waals surface area contributed by atoms with E-state index in [1.165, 1.54) is 0 Å². The van der Waals surface area contributed by atoms with Gasteiger partial charge >= 0.3 is 0 Å². The lowest BCUT2D eigenvalue weighted by molar-refractivity contribution is -0.120. The summed E-state index contributed by atoms with van der Waals surface area (Å²) in [5.74, 6) is 0.635. The number of pyridine rings is 1. The molecule has 1 aromatic rings. The van der Waals surface area contributed by atoms with Crippen molar-refractivity contribution in [3.63, 3.8) is 0 Å². The van der Waals surface area contributed by atoms with E-state index in [-0.39, 0.29) is 5.78 Å². The van der Waals surface area contributed by atoms with Gasteiger partial charge in [-0.1, -0.05) is 0 Å². The van der Waals surface area contributed by atoms with Crippen LogP contribution < -0.4 is 11.1 Å². The zero-order chi connectivity index (χ0) is 13.5. The van der Waals surface area contributed by atoms with Gasteiger partial charge in [-0.3, -0.25) is 4.79 Å². The van der Waals surface area contributed by atoms with Gasteiger partial charge in [0.2, 0.25) is 0 Å². The fraction of sp³-hybridized carbons (Fsp3) is 0.571. The predicted molar refractivity (Wildman–Crippen MR) is 73.8 cm³/mol. The van der Waals surface area contributed by atoms with Crippen LogP contribution in [0.25, 0.3) is 0 Å². The van der Waals surface area contributed by atoms with E-state index in [0.717, 1.165) is 31.5 Å². The summed E-state index contributed by atoms with van der Waals surface area (Å²) < 4.78 is 5.72. The molecule has 0 spiro atoms. The number of aromatic nitrogens is 1. The van der Waals surface area contributed by atoms with E-state index in [2.05, 4.69) is 10.3 Å². The van der Waals surface area contributed by atoms with E-state index >= 15 is 0 Å². The number of nitrogens with zero attached hydrogens (tertiary/aromatic N) is 1. The maximum absolute atomic E-state index is 11.8. The molecule has 3 N–H and O–H groups in total. The number of ether oxygens (including phenoxy) is 1. The van der Waals surface area contributed by atoms with Crippen LogP contribution in [0, 0.1) is 0 Å². The summed E-state index contributed by atoms with van der Waals surface area (Å²) in [6.45, 7) is 2.54. The molecule has 0 aliphatic carbocycles. The second-order valence-electron chi connectivity index (χ2n) is 4.87. The van der Waals surface area contributed by atoms with Crippen LogP contribution in [0.1, 0.15) is 24.8 Å². The third kappa shape index (κ3) is 4.96. The molecule has 0 radical (unpaired) electrons. The quantitative estimate of drug-likeness (QED) is 0.798. The lowest BCUT2D eigenvalue weighted by Gasteiger charge is -2.22. The molecule has 0 unspecified atom stereocenters. The van der Waals surface area contributed by atoms with E-state index in [4.69, 9.17) is 10.5 Å². The number of carbonyl (C=O) groups excluding carboxylic acids is 1. The largest absolute Gasteiger partial charge is 0.384 e. The number of nitrogens with one attached hydrogen (secondary N) is 1. The molecule has 0 aromatic carbocycles. The van der Waals surface area contributed by atoms with Gasteiger partial charge in [0.1, 0.15) is 11.6 Å². The third-order valence-corrected chi connectivity index (χ3v) is 3.27. The maximum Gasteiger partial charge on any atom is 0.139 e. The minimum absolute atomic E-state index is 0.180. The number of nitrogen functional groups attached to an aromatic ring is 1. The van der Waals surface area contributed by atoms with Crippen LogP contribution in [0.5, 0.6) is 0 Å². The Hall–Kier alpha value is -1.46. The van der Waals surface area contributed by atoms with Crippen LogP contribution in [-0.4, -0.2) is 36.6 Å². The summed E-state index contributed by atoms with van der Waals surface area (Å²) in [6, 6.07) is 3.56. The first-order chi connectivity index (χ1) is 9.24. The Morgan fingerprint density at radius 1 is 1.47 bits per heavy atom. The zero-order valence-corrected chi connectivity index (χ0v) is 11.1. The van der Waals surface area contributed by atoms with Crippen molar-refractivity contribution < 1.29 is 9.53 Å². The molecular formula is C14H21N3O2. The molecule has 0 bridgehead atoms. The molecule has 2 rings (SSSR count). The molecule has 1 aliphatic heterocycles. The number of hydrogen-bond acceptors (Lipinski definition) is 5. The van der Waals surface area contributed by atoms with Crippen molar-refractivity contribution in [2.24, 2.45) is 0 Å². The number of hydrogen-bond donors (Lipinski definition) is 2. The summed E-state index contributed by atoms with van der Waals surface area (Å²) >= 11 is 0. The van der Waals surface area contributed by atoms with Gasteiger partial charge in [0, 0.05) is 19.0 Å². The maximum atomic E-state index is 11.8. The molecule has 1 aliphatic rings. The zero-order valence-electron chi connectivity index (χ0n) is 11.1. The van der Waals surface area contributed by atoms with Crippen molar-refractivity contribution in [2.45, 2.75) is 31.8 Å². The average molecular weight is 263 g/mol. The molecule has 0 atom stereocenters. The molecule has 1 saturated heterocycles. The molecule has 19 heavy (non-hydrogen) atoms. The van der Waals surface area contributed by atoms with E-state index in [1.54, 1.807) is 12.3 Å². The normalized spacial score (nSPS) is 16.4. The Morgan fingerprint density at radius 3 is 3.00 bits per heavy atom. The molecule has 1 fully saturated rings. The predicted octanol–water partition coefficient (Wildman–Crippen LogP) is 0.934. The van der Waals surface area contributed by atoms with Crippen LogP contribution in [-0.2, 0) is 16.0 Å². The number of anilines is 1. The van der Waals surface area contributed by atoms with E-state index in [9.17, 15) is 4.79 Å². The average Bonchev–Trinajstić information content (AvgIpc) is 2.40. The molecule has 2 heterocycles. The van der Waals surface area contributed by atoms with Gasteiger partial charge in [-0.25, -0.2) is 4.98 Å². The number of Topliss-reactive ketones (excluding diaryl/α,β-unsaturated/α-hetero) is 1. The lowest BCUT2D eigenvalue weighted by Crippen LogP contribution is -2.32. The van der Waals surface area contributed by atoms with Crippen molar-refractivity contribution in [3.05, 3.63) is 23.9 Å². The molecule has 0 amide bonds. The highest BCUT2D eigenvalue weighted by Crippen LogP contribution is 2.09. The van der Waals surface area contributed by atoms with Gasteiger partial charge in [0.15, 0.2) is 0 Å². The second-order valence-corrected chi connectivity index (χ2v) is 4.87. The summed E-state index contributed by atoms with van der Waals surface area (Å²) in [5, 5.41) is 3.29. The smallest absolute Gasteiger partial charge is 0.139 e. The molecular weight excluding hydrogens is 242 g/mol. The SMILES string of the molecule is Nc1cc(CC(=O)CCOC2CCNCC2)ccn1. The van der Waals surface area contributed by atoms with E-state index in [0.29, 0.717) is 31.4 Å². The Balaban J connectivity index is 1.67. The second kappa shape index (κ2) is 7.21. The standard InChI is InChI=1S/C14H21N3O2/c15-14-10-11(1-7-17-14)9-12(18)4-8-19-13-2-5-16-6-3-13/h1,7,10,13,16H,2-6,8-9H2,(H2,15,17). The highest BCUT2D eigenvalue weighted by Gasteiger charge is 2.13. The molecule has 5 nitrogen and oxygen atoms in total. The number of ketones is 1. The van der Waals surface area contributed by atoms with Gasteiger partial charge in [0.05, 0.1) is 12.7 Å². The van der Waals surface area contributed by atoms with E-state index < -0.39 is 0 Å². The fourth-order valence-corrected chi connectivity index (χ4v) is 2.22. The van der Waals surface area contributed by atoms with Crippen LogP contribution in [0.3, 0.4) is 0 Å². The first-order valence-corrected chi connectivity index (χ1v) is 6.78. The molecule has 1 aromatic heterocycles. The summed E-state index contributed by atoms with van der Waals surface area (Å²) in [4.78, 5) is 15.7. The monoisotopic (exact) mass is 263 g/mol. The van der Waals surface area contributed by atoms with Gasteiger partial charge < -0.3 is 15.8 Å².